The maximum atomic E-state index is 11.8. The largest absolute Gasteiger partial charge is 0.382 e. The number of nitrogens with zero attached hydrogens (tertiary/aromatic N) is 3. The van der Waals surface area contributed by atoms with Crippen molar-refractivity contribution < 1.29 is 4.79 Å². The number of amides is 1. The highest BCUT2D eigenvalue weighted by molar-refractivity contribution is 6.31. The van der Waals surface area contributed by atoms with Crippen LogP contribution in [0.25, 0.3) is 10.9 Å². The van der Waals surface area contributed by atoms with Crippen LogP contribution in [-0.4, -0.2) is 34.8 Å². The van der Waals surface area contributed by atoms with Gasteiger partial charge in [0.1, 0.15) is 0 Å². The average Bonchev–Trinajstić information content (AvgIpc) is 2.55. The van der Waals surface area contributed by atoms with Crippen molar-refractivity contribution in [3.63, 3.8) is 0 Å². The first-order chi connectivity index (χ1) is 7.50. The molecule has 0 fully saturated rings. The summed E-state index contributed by atoms with van der Waals surface area (Å²) < 4.78 is 1.26. The molecule has 5 nitrogen and oxygen atoms in total. The van der Waals surface area contributed by atoms with E-state index in [4.69, 9.17) is 17.3 Å². The van der Waals surface area contributed by atoms with Gasteiger partial charge in [0.2, 0.25) is 0 Å². The number of anilines is 1. The summed E-state index contributed by atoms with van der Waals surface area (Å²) in [7, 11) is 3.31. The van der Waals surface area contributed by atoms with E-state index in [-0.39, 0.29) is 6.03 Å². The highest BCUT2D eigenvalue weighted by Crippen LogP contribution is 2.24. The summed E-state index contributed by atoms with van der Waals surface area (Å²) in [5.74, 6) is 0.299. The number of halogens is 1. The Morgan fingerprint density at radius 3 is 2.81 bits per heavy atom. The van der Waals surface area contributed by atoms with Crippen LogP contribution >= 0.6 is 11.6 Å². The Balaban J connectivity index is 2.69. The topological polar surface area (TPSA) is 64.2 Å². The summed E-state index contributed by atoms with van der Waals surface area (Å²) in [5.41, 5.74) is 6.38. The van der Waals surface area contributed by atoms with Gasteiger partial charge in [-0.1, -0.05) is 11.6 Å². The first-order valence-electron chi connectivity index (χ1n) is 4.66. The molecule has 0 aliphatic rings. The average molecular weight is 239 g/mol. The SMILES string of the molecule is CN(C)C(=O)n1nc(N)c2cc(Cl)ccc21. The van der Waals surface area contributed by atoms with Crippen LogP contribution in [0.2, 0.25) is 5.02 Å². The van der Waals surface area contributed by atoms with E-state index in [1.54, 1.807) is 32.3 Å². The molecule has 2 rings (SSSR count). The van der Waals surface area contributed by atoms with Gasteiger partial charge in [0.25, 0.3) is 0 Å². The summed E-state index contributed by atoms with van der Waals surface area (Å²) in [5, 5.41) is 5.25. The molecule has 2 aromatic rings. The molecule has 0 unspecified atom stereocenters. The second-order valence-electron chi connectivity index (χ2n) is 3.64. The summed E-state index contributed by atoms with van der Waals surface area (Å²) in [6.45, 7) is 0. The van der Waals surface area contributed by atoms with Gasteiger partial charge in [-0.05, 0) is 18.2 Å². The zero-order chi connectivity index (χ0) is 11.9. The summed E-state index contributed by atoms with van der Waals surface area (Å²) >= 11 is 5.85. The molecule has 1 heterocycles. The van der Waals surface area contributed by atoms with Crippen LogP contribution in [0.4, 0.5) is 10.6 Å². The molecular formula is C10H11ClN4O. The van der Waals surface area contributed by atoms with Crippen molar-refractivity contribution >= 4 is 34.4 Å². The maximum Gasteiger partial charge on any atom is 0.344 e. The highest BCUT2D eigenvalue weighted by Gasteiger charge is 2.15. The van der Waals surface area contributed by atoms with Crippen molar-refractivity contribution in [2.45, 2.75) is 0 Å². The van der Waals surface area contributed by atoms with Crippen molar-refractivity contribution in [1.82, 2.24) is 14.7 Å². The molecule has 2 N–H and O–H groups in total. The number of rotatable bonds is 0. The monoisotopic (exact) mass is 238 g/mol. The Labute approximate surface area is 97.4 Å². The Kier molecular flexibility index (Phi) is 2.47. The third kappa shape index (κ3) is 1.59. The normalized spacial score (nSPS) is 10.7. The number of nitrogens with two attached hydrogens (primary N) is 1. The van der Waals surface area contributed by atoms with Crippen LogP contribution in [0, 0.1) is 0 Å². The molecule has 1 amide bonds. The van der Waals surface area contributed by atoms with Crippen LogP contribution in [0.15, 0.2) is 18.2 Å². The van der Waals surface area contributed by atoms with Gasteiger partial charge >= 0.3 is 6.03 Å². The molecule has 16 heavy (non-hydrogen) atoms. The molecule has 1 aromatic heterocycles. The van der Waals surface area contributed by atoms with Gasteiger partial charge in [-0.15, -0.1) is 5.10 Å². The summed E-state index contributed by atoms with van der Waals surface area (Å²) in [6.07, 6.45) is 0. The molecule has 6 heteroatoms. The minimum atomic E-state index is -0.246. The molecule has 0 saturated carbocycles. The lowest BCUT2D eigenvalue weighted by molar-refractivity contribution is 0.217. The molecule has 1 aromatic carbocycles. The van der Waals surface area contributed by atoms with E-state index in [0.717, 1.165) is 0 Å². The van der Waals surface area contributed by atoms with E-state index in [1.165, 1.54) is 9.58 Å². The number of benzene rings is 1. The van der Waals surface area contributed by atoms with Crippen LogP contribution in [0.3, 0.4) is 0 Å². The quantitative estimate of drug-likeness (QED) is 0.761. The van der Waals surface area contributed by atoms with Gasteiger partial charge < -0.3 is 10.6 Å². The standard InChI is InChI=1S/C10H11ClN4O/c1-14(2)10(16)15-8-4-3-6(11)5-7(8)9(12)13-15/h3-5H,1-2H3,(H2,12,13). The molecule has 84 valence electrons. The number of aromatic nitrogens is 2. The Bertz CT molecular complexity index is 561. The van der Waals surface area contributed by atoms with Gasteiger partial charge in [-0.3, -0.25) is 0 Å². The second-order valence-corrected chi connectivity index (χ2v) is 4.07. The Morgan fingerprint density at radius 1 is 1.50 bits per heavy atom. The van der Waals surface area contributed by atoms with Gasteiger partial charge in [0.15, 0.2) is 5.82 Å². The number of nitrogen functional groups attached to an aromatic ring is 1. The van der Waals surface area contributed by atoms with E-state index >= 15 is 0 Å². The fourth-order valence-electron chi connectivity index (χ4n) is 1.45. The third-order valence-electron chi connectivity index (χ3n) is 2.23. The zero-order valence-corrected chi connectivity index (χ0v) is 9.69. The summed E-state index contributed by atoms with van der Waals surface area (Å²) in [6, 6.07) is 4.87. The van der Waals surface area contributed by atoms with Crippen LogP contribution in [0.5, 0.6) is 0 Å². The van der Waals surface area contributed by atoms with Crippen LogP contribution < -0.4 is 5.73 Å². The minimum Gasteiger partial charge on any atom is -0.382 e. The van der Waals surface area contributed by atoms with E-state index in [1.807, 2.05) is 0 Å². The highest BCUT2D eigenvalue weighted by atomic mass is 35.5. The molecule has 0 aliphatic heterocycles. The van der Waals surface area contributed by atoms with Gasteiger partial charge in [-0.25, -0.2) is 4.79 Å². The first-order valence-corrected chi connectivity index (χ1v) is 5.04. The van der Waals surface area contributed by atoms with Gasteiger partial charge in [0.05, 0.1) is 5.52 Å². The van der Waals surface area contributed by atoms with E-state index in [2.05, 4.69) is 5.10 Å². The fraction of sp³-hybridized carbons (Fsp3) is 0.200. The molecule has 0 aliphatic carbocycles. The number of carbonyl (C=O) groups is 1. The fourth-order valence-corrected chi connectivity index (χ4v) is 1.62. The lowest BCUT2D eigenvalue weighted by atomic mass is 10.2. The smallest absolute Gasteiger partial charge is 0.344 e. The second kappa shape index (κ2) is 3.68. The van der Waals surface area contributed by atoms with Crippen LogP contribution in [0.1, 0.15) is 0 Å². The number of hydrogen-bond acceptors (Lipinski definition) is 3. The third-order valence-corrected chi connectivity index (χ3v) is 2.47. The van der Waals surface area contributed by atoms with Crippen molar-refractivity contribution in [2.75, 3.05) is 19.8 Å². The molecule has 0 saturated heterocycles. The van der Waals surface area contributed by atoms with E-state index in [9.17, 15) is 4.79 Å². The lowest BCUT2D eigenvalue weighted by Crippen LogP contribution is -2.28. The maximum absolute atomic E-state index is 11.8. The lowest BCUT2D eigenvalue weighted by Gasteiger charge is -2.09. The molecule has 0 bridgehead atoms. The van der Waals surface area contributed by atoms with E-state index in [0.29, 0.717) is 21.7 Å². The van der Waals surface area contributed by atoms with Gasteiger partial charge in [-0.2, -0.15) is 4.68 Å². The zero-order valence-electron chi connectivity index (χ0n) is 8.94. The Morgan fingerprint density at radius 2 is 2.19 bits per heavy atom. The predicted molar refractivity (Wildman–Crippen MR) is 63.6 cm³/mol. The van der Waals surface area contributed by atoms with Crippen molar-refractivity contribution in [3.05, 3.63) is 23.2 Å². The number of hydrogen-bond donors (Lipinski definition) is 1. The van der Waals surface area contributed by atoms with Crippen molar-refractivity contribution in [1.29, 1.82) is 0 Å². The van der Waals surface area contributed by atoms with Crippen molar-refractivity contribution in [3.8, 4) is 0 Å². The Hall–Kier alpha value is -1.75. The number of fused-ring (bicyclic) bond motifs is 1. The molecule has 0 radical (unpaired) electrons. The summed E-state index contributed by atoms with van der Waals surface area (Å²) in [4.78, 5) is 13.2. The van der Waals surface area contributed by atoms with E-state index < -0.39 is 0 Å². The van der Waals surface area contributed by atoms with Gasteiger partial charge in [0, 0.05) is 24.5 Å². The molecule has 0 spiro atoms. The molecule has 0 atom stereocenters. The number of carbonyl (C=O) groups excluding carboxylic acids is 1. The van der Waals surface area contributed by atoms with Crippen molar-refractivity contribution in [2.24, 2.45) is 0 Å². The first kappa shape index (κ1) is 10.8. The minimum absolute atomic E-state index is 0.246. The predicted octanol–water partition coefficient (Wildman–Crippen LogP) is 1.80. The molecular weight excluding hydrogens is 228 g/mol. The van der Waals surface area contributed by atoms with Crippen LogP contribution in [-0.2, 0) is 0 Å².